The highest BCUT2D eigenvalue weighted by Gasteiger charge is 1.86. The summed E-state index contributed by atoms with van der Waals surface area (Å²) in [6.07, 6.45) is 2.99. The van der Waals surface area contributed by atoms with Crippen LogP contribution in [0.1, 0.15) is 6.42 Å². The largest absolute Gasteiger partial charge is 0.252 e. The van der Waals surface area contributed by atoms with Crippen LogP contribution in [0.5, 0.6) is 0 Å². The molecule has 0 aromatic heterocycles. The van der Waals surface area contributed by atoms with E-state index in [1.165, 1.54) is 0 Å². The summed E-state index contributed by atoms with van der Waals surface area (Å²) in [6.45, 7) is 0. The number of rotatable bonds is 0. The van der Waals surface area contributed by atoms with E-state index < -0.39 is 0 Å². The Bertz CT molecular complexity index is 58.0. The molecule has 0 radical (unpaired) electrons. The molecule has 7 heavy (non-hydrogen) atoms. The lowest BCUT2D eigenvalue weighted by Crippen LogP contribution is -2.01. The Morgan fingerprint density at radius 2 is 2.57 bits per heavy atom. The van der Waals surface area contributed by atoms with Crippen molar-refractivity contribution < 1.29 is 0 Å². The van der Waals surface area contributed by atoms with E-state index in [2.05, 4.69) is 9.93 Å². The highest BCUT2D eigenvalue weighted by Crippen LogP contribution is 1.97. The molecule has 0 saturated carbocycles. The zero-order valence-corrected chi connectivity index (χ0v) is 6.90. The van der Waals surface area contributed by atoms with Crippen LogP contribution in [-0.2, 0) is 0 Å². The van der Waals surface area contributed by atoms with Crippen molar-refractivity contribution in [3.63, 3.8) is 0 Å². The molecule has 1 heterocycles. The summed E-state index contributed by atoms with van der Waals surface area (Å²) in [5.74, 6) is 1.16. The summed E-state index contributed by atoms with van der Waals surface area (Å²) < 4.78 is 0. The fourth-order valence-electron chi connectivity index (χ4n) is 0.296. The molecule has 4 heteroatoms. The van der Waals surface area contributed by atoms with Gasteiger partial charge in [-0.05, 0) is 18.4 Å². The van der Waals surface area contributed by atoms with E-state index >= 15 is 0 Å². The smallest absolute Gasteiger partial charge is 0.0261 e. The van der Waals surface area contributed by atoms with Gasteiger partial charge in [-0.15, -0.1) is 24.0 Å². The summed E-state index contributed by atoms with van der Waals surface area (Å²) in [5, 5.41) is 3.77. The lowest BCUT2D eigenvalue weighted by atomic mass is 10.5. The average molecular weight is 230 g/mol. The summed E-state index contributed by atoms with van der Waals surface area (Å²) in [6, 6.07) is 0. The molecule has 1 N–H and O–H groups in total. The number of nitrogens with zero attached hydrogens (tertiary/aromatic N) is 1. The first-order chi connectivity index (χ1) is 3.00. The van der Waals surface area contributed by atoms with Gasteiger partial charge in [0, 0.05) is 12.0 Å². The van der Waals surface area contributed by atoms with Crippen molar-refractivity contribution in [1.82, 2.24) is 4.83 Å². The fourth-order valence-corrected chi connectivity index (χ4v) is 0.760. The average Bonchev–Trinajstić information content (AvgIpc) is 1.72. The maximum Gasteiger partial charge on any atom is 0.0261 e. The van der Waals surface area contributed by atoms with Gasteiger partial charge >= 0.3 is 0 Å². The van der Waals surface area contributed by atoms with Crippen molar-refractivity contribution >= 4 is 42.1 Å². The first kappa shape index (κ1) is 7.55. The normalized spacial score (nSPS) is 17.1. The van der Waals surface area contributed by atoms with Gasteiger partial charge < -0.3 is 0 Å². The third-order valence-corrected chi connectivity index (χ3v) is 1.23. The Morgan fingerprint density at radius 3 is 2.71 bits per heavy atom. The Hall–Kier alpha value is 0.550. The number of hydrogen-bond donors (Lipinski definition) is 1. The Kier molecular flexibility index (Phi) is 5.07. The number of hydrazone groups is 1. The van der Waals surface area contributed by atoms with Gasteiger partial charge in [0.1, 0.15) is 0 Å². The third kappa shape index (κ3) is 3.16. The fraction of sp³-hybridized carbons (Fsp3) is 0.667. The Balaban J connectivity index is 0.000000360. The summed E-state index contributed by atoms with van der Waals surface area (Å²) in [5.41, 5.74) is 0. The molecule has 0 saturated heterocycles. The Morgan fingerprint density at radius 1 is 1.71 bits per heavy atom. The van der Waals surface area contributed by atoms with Crippen LogP contribution in [0.25, 0.3) is 0 Å². The molecule has 0 bridgehead atoms. The predicted octanol–water partition coefficient (Wildman–Crippen LogP) is 1.23. The second-order valence-electron chi connectivity index (χ2n) is 1.04. The van der Waals surface area contributed by atoms with Crippen LogP contribution in [0.15, 0.2) is 5.10 Å². The van der Waals surface area contributed by atoms with E-state index in [4.69, 9.17) is 0 Å². The van der Waals surface area contributed by atoms with Crippen molar-refractivity contribution in [3.05, 3.63) is 0 Å². The van der Waals surface area contributed by atoms with E-state index in [0.717, 1.165) is 12.2 Å². The van der Waals surface area contributed by atoms with E-state index in [9.17, 15) is 0 Å². The molecule has 2 nitrogen and oxygen atoms in total. The highest BCUT2D eigenvalue weighted by molar-refractivity contribution is 14.0. The lowest BCUT2D eigenvalue weighted by Gasteiger charge is -1.99. The molecule has 0 aliphatic carbocycles. The van der Waals surface area contributed by atoms with Crippen molar-refractivity contribution in [1.29, 1.82) is 0 Å². The minimum absolute atomic E-state index is 0. The molecular weight excluding hydrogens is 223 g/mol. The zero-order chi connectivity index (χ0) is 4.24. The molecule has 1 aliphatic heterocycles. The van der Waals surface area contributed by atoms with E-state index in [-0.39, 0.29) is 24.0 Å². The summed E-state index contributed by atoms with van der Waals surface area (Å²) >= 11 is 1.65. The maximum absolute atomic E-state index is 3.77. The molecule has 1 aliphatic rings. The van der Waals surface area contributed by atoms with Crippen molar-refractivity contribution in [2.45, 2.75) is 6.42 Å². The maximum atomic E-state index is 3.77. The summed E-state index contributed by atoms with van der Waals surface area (Å²) in [7, 11) is 0. The van der Waals surface area contributed by atoms with Crippen LogP contribution in [0.3, 0.4) is 0 Å². The molecule has 0 spiro atoms. The van der Waals surface area contributed by atoms with Crippen LogP contribution in [-0.4, -0.2) is 12.0 Å². The van der Waals surface area contributed by atoms with Crippen LogP contribution in [0.2, 0.25) is 0 Å². The third-order valence-electron chi connectivity index (χ3n) is 0.558. The topological polar surface area (TPSA) is 24.4 Å². The van der Waals surface area contributed by atoms with Crippen molar-refractivity contribution in [3.8, 4) is 0 Å². The van der Waals surface area contributed by atoms with Crippen LogP contribution >= 0.6 is 35.9 Å². The van der Waals surface area contributed by atoms with Crippen LogP contribution in [0.4, 0.5) is 0 Å². The van der Waals surface area contributed by atoms with Crippen LogP contribution < -0.4 is 4.83 Å². The number of halogens is 1. The van der Waals surface area contributed by atoms with Gasteiger partial charge in [-0.1, -0.05) is 0 Å². The Labute approximate surface area is 64.3 Å². The minimum Gasteiger partial charge on any atom is -0.252 e. The molecule has 0 aromatic rings. The number of nitrogens with one attached hydrogen (secondary N) is 1. The second kappa shape index (κ2) is 4.70. The molecule has 0 unspecified atom stereocenters. The van der Waals surface area contributed by atoms with Gasteiger partial charge in [-0.2, -0.15) is 5.10 Å². The van der Waals surface area contributed by atoms with E-state index in [1.807, 2.05) is 6.21 Å². The number of hydrogen-bond acceptors (Lipinski definition) is 3. The van der Waals surface area contributed by atoms with Gasteiger partial charge in [0.15, 0.2) is 0 Å². The molecule has 42 valence electrons. The molecule has 0 amide bonds. The zero-order valence-electron chi connectivity index (χ0n) is 3.76. The predicted molar refractivity (Wildman–Crippen MR) is 44.1 cm³/mol. The monoisotopic (exact) mass is 230 g/mol. The molecule has 0 fully saturated rings. The van der Waals surface area contributed by atoms with Gasteiger partial charge in [0.05, 0.1) is 0 Å². The molecule has 1 rings (SSSR count). The highest BCUT2D eigenvalue weighted by atomic mass is 127. The molecule has 0 aromatic carbocycles. The van der Waals surface area contributed by atoms with Crippen molar-refractivity contribution in [2.75, 3.05) is 5.75 Å². The van der Waals surface area contributed by atoms with Gasteiger partial charge in [0.2, 0.25) is 0 Å². The first-order valence-electron chi connectivity index (χ1n) is 1.88. The standard InChI is InChI=1S/C3H6N2S.HI/c1-2-4-5-6-3-1;/h2,5H,1,3H2;1H. The van der Waals surface area contributed by atoms with Crippen molar-refractivity contribution in [2.24, 2.45) is 5.10 Å². The quantitative estimate of drug-likeness (QED) is 0.500. The first-order valence-corrected chi connectivity index (χ1v) is 2.87. The SMILES string of the molecule is C1=NNSCC1.I. The lowest BCUT2D eigenvalue weighted by molar-refractivity contribution is 1.07. The second-order valence-corrected chi connectivity index (χ2v) is 1.92. The van der Waals surface area contributed by atoms with Gasteiger partial charge in [-0.25, -0.2) is 0 Å². The summed E-state index contributed by atoms with van der Waals surface area (Å²) in [4.78, 5) is 2.77. The van der Waals surface area contributed by atoms with Crippen LogP contribution in [0, 0.1) is 0 Å². The van der Waals surface area contributed by atoms with E-state index in [1.54, 1.807) is 11.9 Å². The van der Waals surface area contributed by atoms with E-state index in [0.29, 0.717) is 0 Å². The molecular formula is C3H7IN2S. The van der Waals surface area contributed by atoms with Gasteiger partial charge in [-0.3, -0.25) is 4.83 Å². The molecule has 0 atom stereocenters. The van der Waals surface area contributed by atoms with Gasteiger partial charge in [0.25, 0.3) is 0 Å². The minimum atomic E-state index is 0.